The topological polar surface area (TPSA) is 84.7 Å². The molecular formula is C17H31N3O3. The van der Waals surface area contributed by atoms with Crippen LogP contribution in [0.4, 0.5) is 0 Å². The molecule has 132 valence electrons. The molecule has 23 heavy (non-hydrogen) atoms. The normalized spacial score (nSPS) is 29.3. The molecule has 6 nitrogen and oxygen atoms in total. The first-order valence-corrected chi connectivity index (χ1v) is 8.99. The van der Waals surface area contributed by atoms with E-state index in [0.29, 0.717) is 13.1 Å². The first-order valence-electron chi connectivity index (χ1n) is 8.99. The molecule has 2 aliphatic rings. The lowest BCUT2D eigenvalue weighted by molar-refractivity contribution is -0.145. The van der Waals surface area contributed by atoms with E-state index in [0.717, 1.165) is 45.1 Å². The van der Waals surface area contributed by atoms with Gasteiger partial charge < -0.3 is 20.7 Å². The molecule has 0 saturated carbocycles. The molecular weight excluding hydrogens is 294 g/mol. The Labute approximate surface area is 139 Å². The Balaban J connectivity index is 1.85. The van der Waals surface area contributed by atoms with Crippen LogP contribution in [0.3, 0.4) is 0 Å². The summed E-state index contributed by atoms with van der Waals surface area (Å²) < 4.78 is 5.70. The van der Waals surface area contributed by atoms with Crippen LogP contribution < -0.4 is 11.1 Å². The van der Waals surface area contributed by atoms with E-state index in [9.17, 15) is 9.59 Å². The Morgan fingerprint density at radius 2 is 2.13 bits per heavy atom. The molecule has 2 heterocycles. The van der Waals surface area contributed by atoms with E-state index in [4.69, 9.17) is 10.5 Å². The third kappa shape index (κ3) is 4.91. The van der Waals surface area contributed by atoms with Crippen molar-refractivity contribution in [3.05, 3.63) is 0 Å². The van der Waals surface area contributed by atoms with Crippen LogP contribution in [0.15, 0.2) is 0 Å². The molecule has 2 aliphatic heterocycles. The predicted octanol–water partition coefficient (Wildman–Crippen LogP) is 1.04. The van der Waals surface area contributed by atoms with E-state index in [-0.39, 0.29) is 36.0 Å². The molecule has 2 fully saturated rings. The lowest BCUT2D eigenvalue weighted by Crippen LogP contribution is -2.49. The van der Waals surface area contributed by atoms with Crippen LogP contribution in [0.1, 0.15) is 52.4 Å². The summed E-state index contributed by atoms with van der Waals surface area (Å²) in [6.45, 7) is 5.84. The molecule has 0 bridgehead atoms. The van der Waals surface area contributed by atoms with Crippen molar-refractivity contribution in [1.29, 1.82) is 0 Å². The number of carbonyl (C=O) groups excluding carboxylic acids is 2. The minimum Gasteiger partial charge on any atom is -0.364 e. The van der Waals surface area contributed by atoms with Gasteiger partial charge in [0.1, 0.15) is 6.10 Å². The van der Waals surface area contributed by atoms with E-state index < -0.39 is 0 Å². The number of hydrogen-bond donors (Lipinski definition) is 2. The quantitative estimate of drug-likeness (QED) is 0.764. The van der Waals surface area contributed by atoms with Gasteiger partial charge in [-0.15, -0.1) is 0 Å². The molecule has 6 heteroatoms. The molecule has 2 rings (SSSR count). The van der Waals surface area contributed by atoms with Gasteiger partial charge in [0.05, 0.1) is 12.0 Å². The minimum absolute atomic E-state index is 0.00253. The number of ether oxygens (including phenoxy) is 1. The van der Waals surface area contributed by atoms with Gasteiger partial charge in [-0.1, -0.05) is 13.3 Å². The number of carbonyl (C=O) groups is 2. The average Bonchev–Trinajstić information content (AvgIpc) is 3.03. The third-order valence-electron chi connectivity index (χ3n) is 4.86. The van der Waals surface area contributed by atoms with Crippen LogP contribution in [-0.2, 0) is 14.3 Å². The Bertz CT molecular complexity index is 416. The Hall–Kier alpha value is -1.14. The van der Waals surface area contributed by atoms with Gasteiger partial charge in [-0.05, 0) is 39.0 Å². The molecule has 0 aromatic rings. The van der Waals surface area contributed by atoms with Crippen molar-refractivity contribution in [3.63, 3.8) is 0 Å². The molecule has 0 radical (unpaired) electrons. The van der Waals surface area contributed by atoms with Crippen molar-refractivity contribution < 1.29 is 14.3 Å². The molecule has 2 amide bonds. The highest BCUT2D eigenvalue weighted by molar-refractivity contribution is 5.83. The number of nitrogens with one attached hydrogen (secondary N) is 1. The summed E-state index contributed by atoms with van der Waals surface area (Å²) in [5.41, 5.74) is 5.60. The number of hydrogen-bond acceptors (Lipinski definition) is 4. The molecule has 4 atom stereocenters. The number of nitrogens with two attached hydrogens (primary N) is 1. The van der Waals surface area contributed by atoms with E-state index >= 15 is 0 Å². The summed E-state index contributed by atoms with van der Waals surface area (Å²) in [5, 5.41) is 3.07. The number of piperidine rings is 1. The van der Waals surface area contributed by atoms with Gasteiger partial charge >= 0.3 is 0 Å². The predicted molar refractivity (Wildman–Crippen MR) is 88.8 cm³/mol. The van der Waals surface area contributed by atoms with Crippen LogP contribution in [0, 0.1) is 5.92 Å². The lowest BCUT2D eigenvalue weighted by Gasteiger charge is -2.34. The fourth-order valence-corrected chi connectivity index (χ4v) is 3.52. The van der Waals surface area contributed by atoms with Crippen LogP contribution in [-0.4, -0.2) is 54.6 Å². The van der Waals surface area contributed by atoms with Crippen molar-refractivity contribution in [2.75, 3.05) is 19.6 Å². The van der Waals surface area contributed by atoms with Crippen molar-refractivity contribution in [2.24, 2.45) is 11.7 Å². The standard InChI is InChI=1S/C17H31N3O3/c1-3-5-12(2)19-16(21)13-6-4-9-20(11-13)17(22)15-8-7-14(10-18)23-15/h12-15H,3-11,18H2,1-2H3,(H,19,21)/t12?,13?,14-,15+/m1/s1. The average molecular weight is 325 g/mol. The van der Waals surface area contributed by atoms with Gasteiger partial charge in [0.25, 0.3) is 5.91 Å². The maximum absolute atomic E-state index is 12.6. The van der Waals surface area contributed by atoms with Crippen molar-refractivity contribution >= 4 is 11.8 Å². The summed E-state index contributed by atoms with van der Waals surface area (Å²) in [5.74, 6) is 0.00870. The number of amides is 2. The van der Waals surface area contributed by atoms with Crippen LogP contribution >= 0.6 is 0 Å². The second kappa shape index (κ2) is 8.64. The molecule has 0 aromatic heterocycles. The van der Waals surface area contributed by atoms with Gasteiger partial charge in [-0.3, -0.25) is 9.59 Å². The number of nitrogens with zero attached hydrogens (tertiary/aromatic N) is 1. The first-order chi connectivity index (χ1) is 11.0. The van der Waals surface area contributed by atoms with E-state index in [1.807, 2.05) is 11.8 Å². The van der Waals surface area contributed by atoms with Crippen molar-refractivity contribution in [1.82, 2.24) is 10.2 Å². The van der Waals surface area contributed by atoms with E-state index in [2.05, 4.69) is 12.2 Å². The van der Waals surface area contributed by atoms with Gasteiger partial charge in [0.15, 0.2) is 0 Å². The van der Waals surface area contributed by atoms with Gasteiger partial charge in [-0.2, -0.15) is 0 Å². The van der Waals surface area contributed by atoms with Crippen molar-refractivity contribution in [2.45, 2.75) is 70.6 Å². The lowest BCUT2D eigenvalue weighted by atomic mass is 9.96. The summed E-state index contributed by atoms with van der Waals surface area (Å²) >= 11 is 0. The summed E-state index contributed by atoms with van der Waals surface area (Å²) in [7, 11) is 0. The maximum Gasteiger partial charge on any atom is 0.251 e. The van der Waals surface area contributed by atoms with Crippen LogP contribution in [0.2, 0.25) is 0 Å². The zero-order valence-electron chi connectivity index (χ0n) is 14.4. The molecule has 2 unspecified atom stereocenters. The van der Waals surface area contributed by atoms with Crippen LogP contribution in [0.25, 0.3) is 0 Å². The van der Waals surface area contributed by atoms with Gasteiger partial charge in [-0.25, -0.2) is 0 Å². The highest BCUT2D eigenvalue weighted by Gasteiger charge is 2.36. The second-order valence-electron chi connectivity index (χ2n) is 6.88. The monoisotopic (exact) mass is 325 g/mol. The second-order valence-corrected chi connectivity index (χ2v) is 6.88. The summed E-state index contributed by atoms with van der Waals surface area (Å²) in [6, 6.07) is 0.196. The summed E-state index contributed by atoms with van der Waals surface area (Å²) in [6.07, 6.45) is 4.98. The minimum atomic E-state index is -0.371. The number of likely N-dealkylation sites (tertiary alicyclic amines) is 1. The highest BCUT2D eigenvalue weighted by atomic mass is 16.5. The molecule has 2 saturated heterocycles. The Morgan fingerprint density at radius 1 is 1.35 bits per heavy atom. The molecule has 3 N–H and O–H groups in total. The smallest absolute Gasteiger partial charge is 0.251 e. The molecule has 0 spiro atoms. The van der Waals surface area contributed by atoms with Crippen molar-refractivity contribution in [3.8, 4) is 0 Å². The first kappa shape index (κ1) is 18.2. The largest absolute Gasteiger partial charge is 0.364 e. The fraction of sp³-hybridized carbons (Fsp3) is 0.882. The SMILES string of the molecule is CCCC(C)NC(=O)C1CCCN(C(=O)[C@@H]2CC[C@H](CN)O2)C1. The molecule has 0 aliphatic carbocycles. The zero-order valence-corrected chi connectivity index (χ0v) is 14.4. The number of rotatable bonds is 6. The van der Waals surface area contributed by atoms with E-state index in [1.165, 1.54) is 0 Å². The summed E-state index contributed by atoms with van der Waals surface area (Å²) in [4.78, 5) is 26.8. The Kier molecular flexibility index (Phi) is 6.84. The third-order valence-corrected chi connectivity index (χ3v) is 4.86. The van der Waals surface area contributed by atoms with Crippen LogP contribution in [0.5, 0.6) is 0 Å². The maximum atomic E-state index is 12.6. The molecule has 0 aromatic carbocycles. The Morgan fingerprint density at radius 3 is 2.78 bits per heavy atom. The van der Waals surface area contributed by atoms with Gasteiger partial charge in [0.2, 0.25) is 5.91 Å². The highest BCUT2D eigenvalue weighted by Crippen LogP contribution is 2.24. The fourth-order valence-electron chi connectivity index (χ4n) is 3.52. The van der Waals surface area contributed by atoms with Gasteiger partial charge in [0, 0.05) is 25.7 Å². The zero-order chi connectivity index (χ0) is 16.8. The van der Waals surface area contributed by atoms with E-state index in [1.54, 1.807) is 0 Å².